The number of ether oxygens (including phenoxy) is 1. The van der Waals surface area contributed by atoms with Gasteiger partial charge in [-0.3, -0.25) is 0 Å². The highest BCUT2D eigenvalue weighted by molar-refractivity contribution is 5.81. The van der Waals surface area contributed by atoms with Gasteiger partial charge in [0.25, 0.3) is 0 Å². The topological polar surface area (TPSA) is 59.4 Å². The van der Waals surface area contributed by atoms with E-state index in [1.807, 2.05) is 40.2 Å². The Morgan fingerprint density at radius 2 is 2.21 bits per heavy atom. The van der Waals surface area contributed by atoms with E-state index < -0.39 is 5.60 Å². The van der Waals surface area contributed by atoms with Crippen LogP contribution in [0.1, 0.15) is 33.6 Å². The number of hydrogen-bond donors (Lipinski definition) is 1. The van der Waals surface area contributed by atoms with Gasteiger partial charge in [-0.15, -0.1) is 0 Å². The van der Waals surface area contributed by atoms with Gasteiger partial charge in [0.15, 0.2) is 0 Å². The van der Waals surface area contributed by atoms with Crippen molar-refractivity contribution in [1.29, 1.82) is 0 Å². The first-order valence-electron chi connectivity index (χ1n) is 8.47. The lowest BCUT2D eigenvalue weighted by Crippen LogP contribution is -2.47. The van der Waals surface area contributed by atoms with Crippen molar-refractivity contribution >= 4 is 22.8 Å². The monoisotopic (exact) mass is 330 g/mol. The van der Waals surface area contributed by atoms with Crippen LogP contribution in [0.15, 0.2) is 24.5 Å². The standard InChI is InChI=1S/C18H26N4O2/c1-18(2,3)24-17(23)22-8-5-6-14(12-22)20-16-10-15-13(11-19-16)7-9-21(15)4/h7,9-11,14H,5-6,8,12H2,1-4H3,(H,19,20)/t14-/m1/s1. The van der Waals surface area contributed by atoms with Crippen molar-refractivity contribution in [3.05, 3.63) is 24.5 Å². The first-order valence-corrected chi connectivity index (χ1v) is 8.47. The lowest BCUT2D eigenvalue weighted by molar-refractivity contribution is 0.0206. The van der Waals surface area contributed by atoms with E-state index >= 15 is 0 Å². The van der Waals surface area contributed by atoms with Crippen LogP contribution in [0.3, 0.4) is 0 Å². The third-order valence-corrected chi connectivity index (χ3v) is 4.19. The summed E-state index contributed by atoms with van der Waals surface area (Å²) in [6, 6.07) is 4.30. The maximum atomic E-state index is 12.3. The smallest absolute Gasteiger partial charge is 0.410 e. The van der Waals surface area contributed by atoms with E-state index in [0.29, 0.717) is 6.54 Å². The fraction of sp³-hybridized carbons (Fsp3) is 0.556. The number of aromatic nitrogens is 2. The van der Waals surface area contributed by atoms with E-state index in [1.165, 1.54) is 0 Å². The number of nitrogens with one attached hydrogen (secondary N) is 1. The molecule has 1 N–H and O–H groups in total. The summed E-state index contributed by atoms with van der Waals surface area (Å²) in [6.45, 7) is 7.07. The summed E-state index contributed by atoms with van der Waals surface area (Å²) in [4.78, 5) is 18.5. The molecule has 1 saturated heterocycles. The van der Waals surface area contributed by atoms with E-state index in [-0.39, 0.29) is 12.1 Å². The van der Waals surface area contributed by atoms with Crippen molar-refractivity contribution in [3.8, 4) is 0 Å². The van der Waals surface area contributed by atoms with Gasteiger partial charge in [0.1, 0.15) is 11.4 Å². The second kappa shape index (κ2) is 6.34. The lowest BCUT2D eigenvalue weighted by atomic mass is 10.1. The number of fused-ring (bicyclic) bond motifs is 1. The van der Waals surface area contributed by atoms with Crippen LogP contribution < -0.4 is 5.32 Å². The Bertz CT molecular complexity index is 732. The number of anilines is 1. The zero-order valence-corrected chi connectivity index (χ0v) is 14.9. The van der Waals surface area contributed by atoms with Crippen molar-refractivity contribution in [3.63, 3.8) is 0 Å². The number of carbonyl (C=O) groups excluding carboxylic acids is 1. The second-order valence-electron chi connectivity index (χ2n) is 7.46. The summed E-state index contributed by atoms with van der Waals surface area (Å²) in [7, 11) is 2.02. The van der Waals surface area contributed by atoms with E-state index in [4.69, 9.17) is 4.74 Å². The average Bonchev–Trinajstić information content (AvgIpc) is 2.87. The molecule has 0 aromatic carbocycles. The van der Waals surface area contributed by atoms with Crippen molar-refractivity contribution in [1.82, 2.24) is 14.5 Å². The molecule has 2 aromatic rings. The van der Waals surface area contributed by atoms with E-state index in [2.05, 4.69) is 27.0 Å². The average molecular weight is 330 g/mol. The van der Waals surface area contributed by atoms with Crippen LogP contribution in [-0.2, 0) is 11.8 Å². The summed E-state index contributed by atoms with van der Waals surface area (Å²) < 4.78 is 7.56. The first kappa shape index (κ1) is 16.6. The number of amides is 1. The van der Waals surface area contributed by atoms with Gasteiger partial charge in [-0.05, 0) is 39.7 Å². The molecule has 24 heavy (non-hydrogen) atoms. The third-order valence-electron chi connectivity index (χ3n) is 4.19. The fourth-order valence-corrected chi connectivity index (χ4v) is 3.04. The number of aryl methyl sites for hydroxylation is 1. The Labute approximate surface area is 142 Å². The van der Waals surface area contributed by atoms with Crippen LogP contribution in [0, 0.1) is 0 Å². The largest absolute Gasteiger partial charge is 0.444 e. The van der Waals surface area contributed by atoms with Crippen LogP contribution in [0.2, 0.25) is 0 Å². The number of rotatable bonds is 2. The van der Waals surface area contributed by atoms with E-state index in [1.54, 1.807) is 4.90 Å². The number of likely N-dealkylation sites (tertiary alicyclic amines) is 1. The van der Waals surface area contributed by atoms with Crippen LogP contribution in [0.4, 0.5) is 10.6 Å². The summed E-state index contributed by atoms with van der Waals surface area (Å²) >= 11 is 0. The minimum Gasteiger partial charge on any atom is -0.444 e. The molecule has 0 radical (unpaired) electrons. The summed E-state index contributed by atoms with van der Waals surface area (Å²) in [5, 5.41) is 4.59. The number of carbonyl (C=O) groups is 1. The molecule has 0 aliphatic carbocycles. The predicted octanol–water partition coefficient (Wildman–Crippen LogP) is 3.38. The Hall–Kier alpha value is -2.24. The zero-order valence-electron chi connectivity index (χ0n) is 14.9. The van der Waals surface area contributed by atoms with Gasteiger partial charge in [-0.2, -0.15) is 0 Å². The quantitative estimate of drug-likeness (QED) is 0.917. The Balaban J connectivity index is 1.66. The molecular weight excluding hydrogens is 304 g/mol. The molecule has 0 spiro atoms. The maximum absolute atomic E-state index is 12.3. The van der Waals surface area contributed by atoms with Crippen molar-refractivity contribution in [2.24, 2.45) is 7.05 Å². The second-order valence-corrected chi connectivity index (χ2v) is 7.46. The summed E-state index contributed by atoms with van der Waals surface area (Å²) in [6.07, 6.45) is 5.66. The summed E-state index contributed by atoms with van der Waals surface area (Å²) in [5.74, 6) is 0.848. The Morgan fingerprint density at radius 3 is 2.96 bits per heavy atom. The zero-order chi connectivity index (χ0) is 17.3. The Kier molecular flexibility index (Phi) is 4.39. The molecule has 1 amide bonds. The molecule has 1 fully saturated rings. The number of pyridine rings is 1. The molecule has 1 aliphatic rings. The molecule has 0 bridgehead atoms. The molecule has 1 atom stereocenters. The van der Waals surface area contributed by atoms with Crippen molar-refractivity contribution in [2.75, 3.05) is 18.4 Å². The molecule has 0 saturated carbocycles. The first-order chi connectivity index (χ1) is 11.3. The molecule has 6 heteroatoms. The van der Waals surface area contributed by atoms with Crippen LogP contribution in [0.25, 0.3) is 10.9 Å². The van der Waals surface area contributed by atoms with E-state index in [9.17, 15) is 4.79 Å². The molecular formula is C18H26N4O2. The Morgan fingerprint density at radius 1 is 1.42 bits per heavy atom. The van der Waals surface area contributed by atoms with Crippen molar-refractivity contribution < 1.29 is 9.53 Å². The number of piperidine rings is 1. The highest BCUT2D eigenvalue weighted by Crippen LogP contribution is 2.21. The SMILES string of the molecule is Cn1ccc2cnc(N[C@@H]3CCCN(C(=O)OC(C)(C)C)C3)cc21. The van der Waals surface area contributed by atoms with Crippen LogP contribution >= 0.6 is 0 Å². The van der Waals surface area contributed by atoms with Gasteiger partial charge in [0, 0.05) is 50.0 Å². The predicted molar refractivity (Wildman–Crippen MR) is 95.2 cm³/mol. The number of hydrogen-bond acceptors (Lipinski definition) is 4. The molecule has 0 unspecified atom stereocenters. The van der Waals surface area contributed by atoms with Gasteiger partial charge in [-0.25, -0.2) is 9.78 Å². The third kappa shape index (κ3) is 3.80. The van der Waals surface area contributed by atoms with Gasteiger partial charge in [-0.1, -0.05) is 0 Å². The molecule has 3 heterocycles. The van der Waals surface area contributed by atoms with Crippen molar-refractivity contribution in [2.45, 2.75) is 45.3 Å². The molecule has 130 valence electrons. The maximum Gasteiger partial charge on any atom is 0.410 e. The van der Waals surface area contributed by atoms with Crippen LogP contribution in [-0.4, -0.2) is 45.3 Å². The molecule has 2 aromatic heterocycles. The van der Waals surface area contributed by atoms with Gasteiger partial charge >= 0.3 is 6.09 Å². The highest BCUT2D eigenvalue weighted by Gasteiger charge is 2.27. The minimum absolute atomic E-state index is 0.191. The lowest BCUT2D eigenvalue weighted by Gasteiger charge is -2.34. The summed E-state index contributed by atoms with van der Waals surface area (Å²) in [5.41, 5.74) is 0.684. The minimum atomic E-state index is -0.462. The highest BCUT2D eigenvalue weighted by atomic mass is 16.6. The van der Waals surface area contributed by atoms with Crippen LogP contribution in [0.5, 0.6) is 0 Å². The fourth-order valence-electron chi connectivity index (χ4n) is 3.04. The molecule has 6 nitrogen and oxygen atoms in total. The molecule has 3 rings (SSSR count). The molecule has 1 aliphatic heterocycles. The van der Waals surface area contributed by atoms with Gasteiger partial charge in [0.05, 0.1) is 5.52 Å². The normalized spacial score (nSPS) is 18.7. The van der Waals surface area contributed by atoms with Gasteiger partial charge in [0.2, 0.25) is 0 Å². The van der Waals surface area contributed by atoms with Gasteiger partial charge < -0.3 is 19.5 Å². The number of nitrogens with zero attached hydrogens (tertiary/aromatic N) is 3. The van der Waals surface area contributed by atoms with E-state index in [0.717, 1.165) is 36.1 Å².